The standard InChI is InChI=1S/C25H28N2O3/c1-5-19-7-11-22(12-8-19)30-17-21-15-20(10-14-25(21)29-4)9-13-24(28)23-16-26-27(6-2)18(23)3/h7-16H,5-6,17H2,1-4H3/b13-9+. The minimum atomic E-state index is -0.0585. The first-order valence-corrected chi connectivity index (χ1v) is 10.2. The number of hydrogen-bond donors (Lipinski definition) is 0. The Morgan fingerprint density at radius 3 is 2.53 bits per heavy atom. The van der Waals surface area contributed by atoms with Crippen molar-refractivity contribution in [2.45, 2.75) is 40.3 Å². The van der Waals surface area contributed by atoms with E-state index in [1.54, 1.807) is 19.4 Å². The lowest BCUT2D eigenvalue weighted by Gasteiger charge is -2.11. The lowest BCUT2D eigenvalue weighted by atomic mass is 10.1. The van der Waals surface area contributed by atoms with Crippen LogP contribution in [-0.4, -0.2) is 22.7 Å². The number of ether oxygens (including phenoxy) is 2. The topological polar surface area (TPSA) is 53.3 Å². The van der Waals surface area contributed by atoms with Gasteiger partial charge in [-0.2, -0.15) is 5.10 Å². The van der Waals surface area contributed by atoms with Crippen LogP contribution < -0.4 is 9.47 Å². The summed E-state index contributed by atoms with van der Waals surface area (Å²) in [5.74, 6) is 1.51. The summed E-state index contributed by atoms with van der Waals surface area (Å²) in [6, 6.07) is 13.9. The molecule has 0 aliphatic rings. The predicted molar refractivity (Wildman–Crippen MR) is 119 cm³/mol. The van der Waals surface area contributed by atoms with Gasteiger partial charge in [0.15, 0.2) is 5.78 Å². The minimum Gasteiger partial charge on any atom is -0.496 e. The van der Waals surface area contributed by atoms with Gasteiger partial charge in [-0.25, -0.2) is 0 Å². The van der Waals surface area contributed by atoms with E-state index in [4.69, 9.17) is 9.47 Å². The summed E-state index contributed by atoms with van der Waals surface area (Å²) in [7, 11) is 1.64. The average molecular weight is 405 g/mol. The predicted octanol–water partition coefficient (Wildman–Crippen LogP) is 5.26. The number of aryl methyl sites for hydroxylation is 2. The average Bonchev–Trinajstić information content (AvgIpc) is 3.16. The molecule has 0 fully saturated rings. The van der Waals surface area contributed by atoms with E-state index >= 15 is 0 Å². The van der Waals surface area contributed by atoms with Crippen molar-refractivity contribution in [3.63, 3.8) is 0 Å². The van der Waals surface area contributed by atoms with Gasteiger partial charge in [0.1, 0.15) is 18.1 Å². The van der Waals surface area contributed by atoms with E-state index < -0.39 is 0 Å². The summed E-state index contributed by atoms with van der Waals surface area (Å²) >= 11 is 0. The number of hydrogen-bond acceptors (Lipinski definition) is 4. The van der Waals surface area contributed by atoms with Gasteiger partial charge >= 0.3 is 0 Å². The Morgan fingerprint density at radius 1 is 1.13 bits per heavy atom. The summed E-state index contributed by atoms with van der Waals surface area (Å²) < 4.78 is 13.2. The number of methoxy groups -OCH3 is 1. The zero-order chi connectivity index (χ0) is 21.5. The third-order valence-electron chi connectivity index (χ3n) is 5.13. The van der Waals surface area contributed by atoms with Crippen molar-refractivity contribution in [2.75, 3.05) is 7.11 Å². The molecule has 0 N–H and O–H groups in total. The lowest BCUT2D eigenvalue weighted by molar-refractivity contribution is 0.104. The third-order valence-corrected chi connectivity index (χ3v) is 5.13. The fourth-order valence-corrected chi connectivity index (χ4v) is 3.27. The molecule has 5 nitrogen and oxygen atoms in total. The summed E-state index contributed by atoms with van der Waals surface area (Å²) in [5, 5.41) is 4.24. The van der Waals surface area contributed by atoms with E-state index in [-0.39, 0.29) is 5.78 Å². The second kappa shape index (κ2) is 9.92. The van der Waals surface area contributed by atoms with Crippen LogP contribution in [0.1, 0.15) is 46.6 Å². The zero-order valence-electron chi connectivity index (χ0n) is 18.0. The molecule has 0 radical (unpaired) electrons. The van der Waals surface area contributed by atoms with Crippen LogP contribution in [0.3, 0.4) is 0 Å². The molecule has 30 heavy (non-hydrogen) atoms. The fourth-order valence-electron chi connectivity index (χ4n) is 3.27. The Hall–Kier alpha value is -3.34. The van der Waals surface area contributed by atoms with E-state index in [1.807, 2.05) is 54.9 Å². The molecular formula is C25H28N2O3. The summed E-state index contributed by atoms with van der Waals surface area (Å²) in [6.07, 6.45) is 6.02. The highest BCUT2D eigenvalue weighted by Crippen LogP contribution is 2.23. The SMILES string of the molecule is CCc1ccc(OCc2cc(/C=C/C(=O)c3cnn(CC)c3C)ccc2OC)cc1. The largest absolute Gasteiger partial charge is 0.496 e. The molecular weight excluding hydrogens is 376 g/mol. The smallest absolute Gasteiger partial charge is 0.189 e. The monoisotopic (exact) mass is 404 g/mol. The van der Waals surface area contributed by atoms with Crippen LogP contribution in [-0.2, 0) is 19.6 Å². The molecule has 156 valence electrons. The third kappa shape index (κ3) is 4.98. The van der Waals surface area contributed by atoms with Crippen LogP contribution >= 0.6 is 0 Å². The van der Waals surface area contributed by atoms with Crippen LogP contribution in [0.25, 0.3) is 6.08 Å². The summed E-state index contributed by atoms with van der Waals surface area (Å²) in [4.78, 5) is 12.5. The summed E-state index contributed by atoms with van der Waals surface area (Å²) in [6.45, 7) is 7.16. The molecule has 0 saturated heterocycles. The van der Waals surface area contributed by atoms with Crippen molar-refractivity contribution < 1.29 is 14.3 Å². The molecule has 1 aromatic heterocycles. The van der Waals surface area contributed by atoms with Crippen molar-refractivity contribution in [3.05, 3.63) is 82.7 Å². The summed E-state index contributed by atoms with van der Waals surface area (Å²) in [5.41, 5.74) is 4.61. The molecule has 0 atom stereocenters. The maximum absolute atomic E-state index is 12.5. The lowest BCUT2D eigenvalue weighted by Crippen LogP contribution is -2.02. The molecule has 0 aliphatic carbocycles. The van der Waals surface area contributed by atoms with E-state index in [1.165, 1.54) is 5.56 Å². The highest BCUT2D eigenvalue weighted by molar-refractivity contribution is 6.07. The quantitative estimate of drug-likeness (QED) is 0.361. The fraction of sp³-hybridized carbons (Fsp3) is 0.280. The zero-order valence-corrected chi connectivity index (χ0v) is 18.0. The number of nitrogens with zero attached hydrogens (tertiary/aromatic N) is 2. The Labute approximate surface area is 178 Å². The molecule has 0 spiro atoms. The number of aromatic nitrogens is 2. The van der Waals surface area contributed by atoms with Crippen molar-refractivity contribution >= 4 is 11.9 Å². The second-order valence-corrected chi connectivity index (χ2v) is 7.01. The van der Waals surface area contributed by atoms with Crippen molar-refractivity contribution in [2.24, 2.45) is 0 Å². The van der Waals surface area contributed by atoms with Gasteiger partial charge in [-0.3, -0.25) is 9.48 Å². The van der Waals surface area contributed by atoms with Crippen LogP contribution in [0, 0.1) is 6.92 Å². The first-order valence-electron chi connectivity index (χ1n) is 10.2. The first-order chi connectivity index (χ1) is 14.5. The number of carbonyl (C=O) groups excluding carboxylic acids is 1. The van der Waals surface area contributed by atoms with Crippen LogP contribution in [0.15, 0.2) is 54.7 Å². The molecule has 0 aliphatic heterocycles. The normalized spacial score (nSPS) is 11.1. The second-order valence-electron chi connectivity index (χ2n) is 7.01. The molecule has 2 aromatic carbocycles. The van der Waals surface area contributed by atoms with E-state index in [2.05, 4.69) is 24.2 Å². The van der Waals surface area contributed by atoms with Gasteiger partial charge in [0, 0.05) is 17.8 Å². The van der Waals surface area contributed by atoms with Crippen LogP contribution in [0.5, 0.6) is 11.5 Å². The number of allylic oxidation sites excluding steroid dienone is 1. The molecule has 0 unspecified atom stereocenters. The maximum atomic E-state index is 12.5. The molecule has 0 saturated carbocycles. The van der Waals surface area contributed by atoms with Crippen molar-refractivity contribution in [1.29, 1.82) is 0 Å². The first kappa shape index (κ1) is 21.4. The van der Waals surface area contributed by atoms with Gasteiger partial charge in [0.2, 0.25) is 0 Å². The number of carbonyl (C=O) groups is 1. The van der Waals surface area contributed by atoms with E-state index in [9.17, 15) is 4.79 Å². The molecule has 1 heterocycles. The molecule has 3 rings (SSSR count). The van der Waals surface area contributed by atoms with Gasteiger partial charge in [-0.1, -0.05) is 31.2 Å². The van der Waals surface area contributed by atoms with Gasteiger partial charge < -0.3 is 9.47 Å². The number of ketones is 1. The Balaban J connectivity index is 1.73. The Bertz CT molecular complexity index is 1030. The highest BCUT2D eigenvalue weighted by atomic mass is 16.5. The Morgan fingerprint density at radius 2 is 1.90 bits per heavy atom. The minimum absolute atomic E-state index is 0.0585. The van der Waals surface area contributed by atoms with Gasteiger partial charge in [0.05, 0.1) is 18.9 Å². The molecule has 0 amide bonds. The molecule has 0 bridgehead atoms. The number of benzene rings is 2. The maximum Gasteiger partial charge on any atom is 0.189 e. The number of rotatable bonds is 9. The van der Waals surface area contributed by atoms with Crippen LogP contribution in [0.2, 0.25) is 0 Å². The molecule has 3 aromatic rings. The van der Waals surface area contributed by atoms with Crippen LogP contribution in [0.4, 0.5) is 0 Å². The molecule has 5 heteroatoms. The highest BCUT2D eigenvalue weighted by Gasteiger charge is 2.11. The van der Waals surface area contributed by atoms with E-state index in [0.29, 0.717) is 12.2 Å². The van der Waals surface area contributed by atoms with Crippen molar-refractivity contribution in [3.8, 4) is 11.5 Å². The van der Waals surface area contributed by atoms with Crippen molar-refractivity contribution in [1.82, 2.24) is 9.78 Å². The van der Waals surface area contributed by atoms with Gasteiger partial charge in [0.25, 0.3) is 0 Å². The van der Waals surface area contributed by atoms with Gasteiger partial charge in [-0.15, -0.1) is 0 Å². The Kier molecular flexibility index (Phi) is 7.07. The van der Waals surface area contributed by atoms with E-state index in [0.717, 1.165) is 41.3 Å². The van der Waals surface area contributed by atoms with Gasteiger partial charge in [-0.05, 0) is 61.7 Å².